The lowest BCUT2D eigenvalue weighted by atomic mass is 10.0. The molecule has 160 valence electrons. The minimum Gasteiger partial charge on any atom is -0.495 e. The number of carbonyl (C=O) groups excluding carboxylic acids is 2. The summed E-state index contributed by atoms with van der Waals surface area (Å²) < 4.78 is 16.1. The molecule has 1 aliphatic rings. The fourth-order valence-electron chi connectivity index (χ4n) is 3.43. The molecule has 1 heterocycles. The van der Waals surface area contributed by atoms with Crippen LogP contribution in [0.3, 0.4) is 0 Å². The third-order valence-electron chi connectivity index (χ3n) is 5.13. The van der Waals surface area contributed by atoms with E-state index >= 15 is 0 Å². The van der Waals surface area contributed by atoms with E-state index in [1.165, 1.54) is 7.11 Å². The van der Waals surface area contributed by atoms with Crippen LogP contribution in [0.5, 0.6) is 5.75 Å². The average molecular weight is 413 g/mol. The lowest BCUT2D eigenvalue weighted by molar-refractivity contribution is 0.00831. The fourth-order valence-corrected chi connectivity index (χ4v) is 3.43. The van der Waals surface area contributed by atoms with Crippen LogP contribution in [0.2, 0.25) is 0 Å². The number of benzene rings is 2. The third kappa shape index (κ3) is 5.21. The van der Waals surface area contributed by atoms with Gasteiger partial charge in [-0.2, -0.15) is 0 Å². The number of piperidine rings is 1. The van der Waals surface area contributed by atoms with Crippen LogP contribution in [0.1, 0.15) is 22.3 Å². The minimum absolute atomic E-state index is 0.201. The number of nitrogens with zero attached hydrogens (tertiary/aromatic N) is 1. The van der Waals surface area contributed by atoms with E-state index in [1.807, 2.05) is 30.3 Å². The molecule has 2 aromatic carbocycles. The molecule has 2 amide bonds. The summed E-state index contributed by atoms with van der Waals surface area (Å²) in [5, 5.41) is 2.96. The first-order valence-corrected chi connectivity index (χ1v) is 9.74. The molecule has 1 saturated heterocycles. The Balaban J connectivity index is 1.62. The Bertz CT molecular complexity index is 874. The van der Waals surface area contributed by atoms with Gasteiger partial charge in [-0.3, -0.25) is 4.79 Å². The Labute approximate surface area is 175 Å². The van der Waals surface area contributed by atoms with Crippen molar-refractivity contribution in [1.82, 2.24) is 10.2 Å². The van der Waals surface area contributed by atoms with E-state index in [-0.39, 0.29) is 24.7 Å². The predicted octanol–water partition coefficient (Wildman–Crippen LogP) is 2.43. The standard InChI is InChI=1S/C22H27N3O5/c1-28-19-10-11-25(22(27)30-14-15-6-4-3-5-7-15)13-18(19)24-21(26)16-8-9-17(23)20(12-16)29-2/h3-9,12,18-19H,10-11,13-14,23H2,1-2H3,(H,24,26)/t18-,19-/m0/s1. The zero-order chi connectivity index (χ0) is 21.5. The van der Waals surface area contributed by atoms with Gasteiger partial charge in [0.2, 0.25) is 0 Å². The van der Waals surface area contributed by atoms with Gasteiger partial charge < -0.3 is 30.2 Å². The van der Waals surface area contributed by atoms with Gasteiger partial charge in [-0.05, 0) is 30.2 Å². The number of hydrogen-bond donors (Lipinski definition) is 2. The van der Waals surface area contributed by atoms with Crippen LogP contribution in [-0.4, -0.2) is 56.4 Å². The number of ether oxygens (including phenoxy) is 3. The van der Waals surface area contributed by atoms with Crippen molar-refractivity contribution in [1.29, 1.82) is 0 Å². The van der Waals surface area contributed by atoms with Gasteiger partial charge in [0.15, 0.2) is 0 Å². The lowest BCUT2D eigenvalue weighted by Gasteiger charge is -2.37. The van der Waals surface area contributed by atoms with E-state index in [2.05, 4.69) is 5.32 Å². The summed E-state index contributed by atoms with van der Waals surface area (Å²) in [6.45, 7) is 0.990. The molecule has 1 aliphatic heterocycles. The van der Waals surface area contributed by atoms with Crippen LogP contribution in [0.25, 0.3) is 0 Å². The highest BCUT2D eigenvalue weighted by Crippen LogP contribution is 2.23. The van der Waals surface area contributed by atoms with Crippen LogP contribution in [0.15, 0.2) is 48.5 Å². The van der Waals surface area contributed by atoms with Gasteiger partial charge >= 0.3 is 6.09 Å². The third-order valence-corrected chi connectivity index (χ3v) is 5.13. The molecule has 0 saturated carbocycles. The molecule has 2 aromatic rings. The van der Waals surface area contributed by atoms with Gasteiger partial charge in [-0.15, -0.1) is 0 Å². The maximum Gasteiger partial charge on any atom is 0.410 e. The molecule has 0 spiro atoms. The molecule has 8 nitrogen and oxygen atoms in total. The highest BCUT2D eigenvalue weighted by Gasteiger charge is 2.33. The Kier molecular flexibility index (Phi) is 7.13. The minimum atomic E-state index is -0.415. The van der Waals surface area contributed by atoms with Crippen molar-refractivity contribution >= 4 is 17.7 Å². The molecule has 1 fully saturated rings. The summed E-state index contributed by atoms with van der Waals surface area (Å²) in [7, 11) is 3.09. The predicted molar refractivity (Wildman–Crippen MR) is 112 cm³/mol. The van der Waals surface area contributed by atoms with Crippen LogP contribution in [-0.2, 0) is 16.1 Å². The molecule has 0 aliphatic carbocycles. The number of rotatable bonds is 6. The number of nitrogen functional groups attached to an aromatic ring is 1. The fraction of sp³-hybridized carbons (Fsp3) is 0.364. The molecule has 0 radical (unpaired) electrons. The molecular weight excluding hydrogens is 386 g/mol. The van der Waals surface area contributed by atoms with Crippen LogP contribution in [0, 0.1) is 0 Å². The molecule has 8 heteroatoms. The molecule has 0 unspecified atom stereocenters. The van der Waals surface area contributed by atoms with E-state index in [1.54, 1.807) is 30.2 Å². The second kappa shape index (κ2) is 9.98. The smallest absolute Gasteiger partial charge is 0.410 e. The molecular formula is C22H27N3O5. The number of hydrogen-bond acceptors (Lipinski definition) is 6. The second-order valence-corrected chi connectivity index (χ2v) is 7.09. The Morgan fingerprint density at radius 2 is 1.93 bits per heavy atom. The zero-order valence-electron chi connectivity index (χ0n) is 17.2. The van der Waals surface area contributed by atoms with Crippen molar-refractivity contribution in [3.05, 3.63) is 59.7 Å². The number of nitrogens with one attached hydrogen (secondary N) is 1. The van der Waals surface area contributed by atoms with Gasteiger partial charge in [0.05, 0.1) is 24.9 Å². The van der Waals surface area contributed by atoms with Crippen molar-refractivity contribution in [3.63, 3.8) is 0 Å². The van der Waals surface area contributed by atoms with Gasteiger partial charge in [0.1, 0.15) is 12.4 Å². The van der Waals surface area contributed by atoms with Crippen LogP contribution < -0.4 is 15.8 Å². The molecule has 30 heavy (non-hydrogen) atoms. The Hall–Kier alpha value is -3.26. The quantitative estimate of drug-likeness (QED) is 0.705. The number of amides is 2. The summed E-state index contributed by atoms with van der Waals surface area (Å²) in [4.78, 5) is 26.8. The lowest BCUT2D eigenvalue weighted by Crippen LogP contribution is -2.57. The van der Waals surface area contributed by atoms with E-state index in [0.29, 0.717) is 36.5 Å². The van der Waals surface area contributed by atoms with Crippen molar-refractivity contribution in [2.45, 2.75) is 25.2 Å². The molecule has 0 bridgehead atoms. The average Bonchev–Trinajstić information content (AvgIpc) is 2.78. The first-order valence-electron chi connectivity index (χ1n) is 9.74. The Morgan fingerprint density at radius 1 is 1.17 bits per heavy atom. The highest BCUT2D eigenvalue weighted by atomic mass is 16.6. The first-order chi connectivity index (χ1) is 14.5. The van der Waals surface area contributed by atoms with Crippen LogP contribution >= 0.6 is 0 Å². The Morgan fingerprint density at radius 3 is 2.63 bits per heavy atom. The van der Waals surface area contributed by atoms with Crippen molar-refractivity contribution in [2.75, 3.05) is 33.0 Å². The van der Waals surface area contributed by atoms with Crippen LogP contribution in [0.4, 0.5) is 10.5 Å². The topological polar surface area (TPSA) is 103 Å². The molecule has 2 atom stereocenters. The maximum atomic E-state index is 12.7. The monoisotopic (exact) mass is 413 g/mol. The molecule has 3 N–H and O–H groups in total. The first kappa shape index (κ1) is 21.4. The molecule has 3 rings (SSSR count). The zero-order valence-corrected chi connectivity index (χ0v) is 17.2. The summed E-state index contributed by atoms with van der Waals surface area (Å²) >= 11 is 0. The van der Waals surface area contributed by atoms with Crippen molar-refractivity contribution in [3.8, 4) is 5.75 Å². The largest absolute Gasteiger partial charge is 0.495 e. The van der Waals surface area contributed by atoms with Gasteiger partial charge in [0, 0.05) is 25.8 Å². The second-order valence-electron chi connectivity index (χ2n) is 7.09. The number of methoxy groups -OCH3 is 2. The number of carbonyl (C=O) groups is 2. The maximum absolute atomic E-state index is 12.7. The number of anilines is 1. The van der Waals surface area contributed by atoms with Gasteiger partial charge in [0.25, 0.3) is 5.91 Å². The summed E-state index contributed by atoms with van der Waals surface area (Å²) in [5.41, 5.74) is 7.60. The summed E-state index contributed by atoms with van der Waals surface area (Å²) in [6.07, 6.45) is -0.0305. The molecule has 0 aromatic heterocycles. The summed E-state index contributed by atoms with van der Waals surface area (Å²) in [5.74, 6) is 0.139. The number of likely N-dealkylation sites (tertiary alicyclic amines) is 1. The highest BCUT2D eigenvalue weighted by molar-refractivity contribution is 5.95. The van der Waals surface area contributed by atoms with E-state index in [4.69, 9.17) is 19.9 Å². The van der Waals surface area contributed by atoms with E-state index < -0.39 is 6.09 Å². The van der Waals surface area contributed by atoms with Gasteiger partial charge in [-0.1, -0.05) is 30.3 Å². The van der Waals surface area contributed by atoms with E-state index in [0.717, 1.165) is 5.56 Å². The van der Waals surface area contributed by atoms with Crippen molar-refractivity contribution < 1.29 is 23.8 Å². The van der Waals surface area contributed by atoms with E-state index in [9.17, 15) is 9.59 Å². The summed E-state index contributed by atoms with van der Waals surface area (Å²) in [6, 6.07) is 14.0. The number of nitrogens with two attached hydrogens (primary N) is 1. The van der Waals surface area contributed by atoms with Gasteiger partial charge in [-0.25, -0.2) is 4.79 Å². The normalized spacial score (nSPS) is 18.5. The van der Waals surface area contributed by atoms with Crippen molar-refractivity contribution in [2.24, 2.45) is 0 Å². The SMILES string of the molecule is COc1cc(C(=O)N[C@H]2CN(C(=O)OCc3ccccc3)CC[C@@H]2OC)ccc1N.